The molecular formula is C17H21NO2. The average molecular weight is 271 g/mol. The molecule has 0 aliphatic carbocycles. The SMILES string of the molecule is COc1cc(CN[C@@H](C)c2ccccc2)cc(OC)c1. The zero-order valence-electron chi connectivity index (χ0n) is 12.2. The Morgan fingerprint density at radius 2 is 1.55 bits per heavy atom. The van der Waals surface area contributed by atoms with Crippen molar-refractivity contribution in [1.82, 2.24) is 5.32 Å². The lowest BCUT2D eigenvalue weighted by Crippen LogP contribution is -2.18. The second kappa shape index (κ2) is 6.96. The Labute approximate surface area is 120 Å². The van der Waals surface area contributed by atoms with Crippen LogP contribution in [0.15, 0.2) is 48.5 Å². The second-order valence-electron chi connectivity index (χ2n) is 4.73. The summed E-state index contributed by atoms with van der Waals surface area (Å²) < 4.78 is 10.6. The molecule has 0 fully saturated rings. The largest absolute Gasteiger partial charge is 0.497 e. The summed E-state index contributed by atoms with van der Waals surface area (Å²) in [6, 6.07) is 16.6. The van der Waals surface area contributed by atoms with Gasteiger partial charge in [0, 0.05) is 18.7 Å². The smallest absolute Gasteiger partial charge is 0.122 e. The van der Waals surface area contributed by atoms with Crippen LogP contribution < -0.4 is 14.8 Å². The van der Waals surface area contributed by atoms with Gasteiger partial charge in [0.05, 0.1) is 14.2 Å². The molecule has 2 rings (SSSR count). The predicted molar refractivity (Wildman–Crippen MR) is 81.2 cm³/mol. The molecule has 0 amide bonds. The molecule has 0 bridgehead atoms. The third-order valence-corrected chi connectivity index (χ3v) is 3.32. The molecule has 2 aromatic rings. The van der Waals surface area contributed by atoms with Gasteiger partial charge in [0.2, 0.25) is 0 Å². The van der Waals surface area contributed by atoms with E-state index in [0.29, 0.717) is 6.04 Å². The Hall–Kier alpha value is -2.00. The summed E-state index contributed by atoms with van der Waals surface area (Å²) in [5, 5.41) is 3.51. The fraction of sp³-hybridized carbons (Fsp3) is 0.294. The van der Waals surface area contributed by atoms with Gasteiger partial charge >= 0.3 is 0 Å². The zero-order chi connectivity index (χ0) is 14.4. The first-order chi connectivity index (χ1) is 9.72. The molecule has 20 heavy (non-hydrogen) atoms. The number of hydrogen-bond acceptors (Lipinski definition) is 3. The van der Waals surface area contributed by atoms with Gasteiger partial charge in [-0.15, -0.1) is 0 Å². The van der Waals surface area contributed by atoms with Crippen LogP contribution in [0, 0.1) is 0 Å². The molecule has 0 spiro atoms. The van der Waals surface area contributed by atoms with Crippen molar-refractivity contribution < 1.29 is 9.47 Å². The number of methoxy groups -OCH3 is 2. The number of rotatable bonds is 6. The maximum absolute atomic E-state index is 5.28. The third-order valence-electron chi connectivity index (χ3n) is 3.32. The van der Waals surface area contributed by atoms with Crippen LogP contribution in [0.1, 0.15) is 24.1 Å². The van der Waals surface area contributed by atoms with Crippen molar-refractivity contribution in [2.24, 2.45) is 0 Å². The molecule has 2 aromatic carbocycles. The summed E-state index contributed by atoms with van der Waals surface area (Å²) >= 11 is 0. The van der Waals surface area contributed by atoms with Gasteiger partial charge in [-0.2, -0.15) is 0 Å². The molecule has 0 aromatic heterocycles. The van der Waals surface area contributed by atoms with Crippen LogP contribution >= 0.6 is 0 Å². The van der Waals surface area contributed by atoms with Gasteiger partial charge in [-0.3, -0.25) is 0 Å². The van der Waals surface area contributed by atoms with E-state index in [-0.39, 0.29) is 0 Å². The van der Waals surface area contributed by atoms with E-state index in [0.717, 1.165) is 23.6 Å². The van der Waals surface area contributed by atoms with E-state index in [1.807, 2.05) is 24.3 Å². The van der Waals surface area contributed by atoms with E-state index in [9.17, 15) is 0 Å². The molecule has 0 radical (unpaired) electrons. The van der Waals surface area contributed by atoms with Crippen molar-refractivity contribution in [3.8, 4) is 11.5 Å². The lowest BCUT2D eigenvalue weighted by atomic mass is 10.1. The molecule has 0 aliphatic rings. The maximum Gasteiger partial charge on any atom is 0.122 e. The zero-order valence-corrected chi connectivity index (χ0v) is 12.2. The minimum absolute atomic E-state index is 0.299. The summed E-state index contributed by atoms with van der Waals surface area (Å²) in [5.74, 6) is 1.63. The van der Waals surface area contributed by atoms with Gasteiger partial charge in [-0.25, -0.2) is 0 Å². The molecule has 3 nitrogen and oxygen atoms in total. The standard InChI is InChI=1S/C17H21NO2/c1-13(15-7-5-4-6-8-15)18-12-14-9-16(19-2)11-17(10-14)20-3/h4-11,13,18H,12H2,1-3H3/t13-/m0/s1. The topological polar surface area (TPSA) is 30.5 Å². The molecule has 1 N–H and O–H groups in total. The van der Waals surface area contributed by atoms with Crippen LogP contribution in [0.3, 0.4) is 0 Å². The lowest BCUT2D eigenvalue weighted by Gasteiger charge is -2.15. The quantitative estimate of drug-likeness (QED) is 0.871. The molecule has 0 saturated heterocycles. The molecule has 0 saturated carbocycles. The van der Waals surface area contributed by atoms with Crippen molar-refractivity contribution in [1.29, 1.82) is 0 Å². The van der Waals surface area contributed by atoms with Crippen molar-refractivity contribution in [2.45, 2.75) is 19.5 Å². The Balaban J connectivity index is 2.03. The van der Waals surface area contributed by atoms with Crippen molar-refractivity contribution in [2.75, 3.05) is 14.2 Å². The maximum atomic E-state index is 5.28. The Morgan fingerprint density at radius 1 is 0.950 bits per heavy atom. The van der Waals surface area contributed by atoms with Gasteiger partial charge in [0.1, 0.15) is 11.5 Å². The van der Waals surface area contributed by atoms with E-state index in [1.54, 1.807) is 14.2 Å². The van der Waals surface area contributed by atoms with Crippen molar-refractivity contribution >= 4 is 0 Å². The molecule has 3 heteroatoms. The monoisotopic (exact) mass is 271 g/mol. The Bertz CT molecular complexity index is 518. The first-order valence-electron chi connectivity index (χ1n) is 6.73. The van der Waals surface area contributed by atoms with Crippen molar-refractivity contribution in [3.63, 3.8) is 0 Å². The minimum Gasteiger partial charge on any atom is -0.497 e. The highest BCUT2D eigenvalue weighted by Gasteiger charge is 2.06. The summed E-state index contributed by atoms with van der Waals surface area (Å²) in [7, 11) is 3.33. The van der Waals surface area contributed by atoms with Crippen LogP contribution in [0.4, 0.5) is 0 Å². The summed E-state index contributed by atoms with van der Waals surface area (Å²) in [6.45, 7) is 2.93. The van der Waals surface area contributed by atoms with Gasteiger partial charge in [-0.05, 0) is 30.2 Å². The molecule has 0 unspecified atom stereocenters. The van der Waals surface area contributed by atoms with Crippen LogP contribution in [0.2, 0.25) is 0 Å². The van der Waals surface area contributed by atoms with E-state index in [1.165, 1.54) is 5.56 Å². The second-order valence-corrected chi connectivity index (χ2v) is 4.73. The normalized spacial score (nSPS) is 11.9. The highest BCUT2D eigenvalue weighted by atomic mass is 16.5. The summed E-state index contributed by atoms with van der Waals surface area (Å²) in [5.41, 5.74) is 2.42. The van der Waals surface area contributed by atoms with Crippen LogP contribution in [0.25, 0.3) is 0 Å². The van der Waals surface area contributed by atoms with Gasteiger partial charge < -0.3 is 14.8 Å². The fourth-order valence-electron chi connectivity index (χ4n) is 2.10. The predicted octanol–water partition coefficient (Wildman–Crippen LogP) is 3.55. The van der Waals surface area contributed by atoms with E-state index >= 15 is 0 Å². The van der Waals surface area contributed by atoms with E-state index in [4.69, 9.17) is 9.47 Å². The summed E-state index contributed by atoms with van der Waals surface area (Å²) in [6.07, 6.45) is 0. The molecular weight excluding hydrogens is 250 g/mol. The average Bonchev–Trinajstić information content (AvgIpc) is 2.53. The number of ether oxygens (including phenoxy) is 2. The molecule has 0 heterocycles. The minimum atomic E-state index is 0.299. The van der Waals surface area contributed by atoms with Gasteiger partial charge in [-0.1, -0.05) is 30.3 Å². The molecule has 0 aliphatic heterocycles. The first-order valence-corrected chi connectivity index (χ1v) is 6.73. The lowest BCUT2D eigenvalue weighted by molar-refractivity contribution is 0.392. The molecule has 1 atom stereocenters. The van der Waals surface area contributed by atoms with Crippen LogP contribution in [-0.4, -0.2) is 14.2 Å². The highest BCUT2D eigenvalue weighted by Crippen LogP contribution is 2.23. The van der Waals surface area contributed by atoms with E-state index in [2.05, 4.69) is 36.5 Å². The Morgan fingerprint density at radius 3 is 2.10 bits per heavy atom. The molecule has 106 valence electrons. The third kappa shape index (κ3) is 3.75. The van der Waals surface area contributed by atoms with Gasteiger partial charge in [0.25, 0.3) is 0 Å². The van der Waals surface area contributed by atoms with E-state index < -0.39 is 0 Å². The van der Waals surface area contributed by atoms with Crippen LogP contribution in [0.5, 0.6) is 11.5 Å². The first kappa shape index (κ1) is 14.4. The number of nitrogens with one attached hydrogen (secondary N) is 1. The van der Waals surface area contributed by atoms with Crippen molar-refractivity contribution in [3.05, 3.63) is 59.7 Å². The highest BCUT2D eigenvalue weighted by molar-refractivity contribution is 5.38. The summed E-state index contributed by atoms with van der Waals surface area (Å²) in [4.78, 5) is 0. The Kier molecular flexibility index (Phi) is 5.02. The number of hydrogen-bond donors (Lipinski definition) is 1. The fourth-order valence-corrected chi connectivity index (χ4v) is 2.10. The van der Waals surface area contributed by atoms with Gasteiger partial charge in [0.15, 0.2) is 0 Å². The number of benzene rings is 2. The van der Waals surface area contributed by atoms with Crippen LogP contribution in [-0.2, 0) is 6.54 Å².